The first kappa shape index (κ1) is 18.5. The second-order valence-corrected chi connectivity index (χ2v) is 10.0. The summed E-state index contributed by atoms with van der Waals surface area (Å²) >= 11 is 2.00. The Labute approximate surface area is 170 Å². The van der Waals surface area contributed by atoms with Crippen molar-refractivity contribution in [2.45, 2.75) is 30.1 Å². The van der Waals surface area contributed by atoms with Crippen LogP contribution in [-0.2, 0) is 16.5 Å². The van der Waals surface area contributed by atoms with Crippen molar-refractivity contribution in [1.82, 2.24) is 9.47 Å². The number of para-hydroxylation sites is 1. The normalized spacial score (nSPS) is 24.8. The third kappa shape index (κ3) is 3.36. The fourth-order valence-corrected chi connectivity index (χ4v) is 6.34. The Hall–Kier alpha value is -1.50. The van der Waals surface area contributed by atoms with Crippen LogP contribution in [0, 0.1) is 5.92 Å². The summed E-state index contributed by atoms with van der Waals surface area (Å²) in [6.07, 6.45) is 5.62. The quantitative estimate of drug-likeness (QED) is 0.790. The molecule has 3 aliphatic rings. The lowest BCUT2D eigenvalue weighted by atomic mass is 9.92. The molecule has 3 fully saturated rings. The first-order valence-corrected chi connectivity index (χ1v) is 11.3. The Morgan fingerprint density at radius 2 is 2.07 bits per heavy atom. The number of ether oxygens (including phenoxy) is 2. The van der Waals surface area contributed by atoms with Crippen LogP contribution in [-0.4, -0.2) is 64.9 Å². The zero-order valence-corrected chi connectivity index (χ0v) is 17.2. The molecule has 3 saturated heterocycles. The van der Waals surface area contributed by atoms with Gasteiger partial charge in [-0.1, -0.05) is 18.2 Å². The van der Waals surface area contributed by atoms with Gasteiger partial charge in [0.15, 0.2) is 0 Å². The van der Waals surface area contributed by atoms with Gasteiger partial charge in [-0.3, -0.25) is 4.79 Å². The Morgan fingerprint density at radius 1 is 1.29 bits per heavy atom. The first-order valence-electron chi connectivity index (χ1n) is 10.3. The van der Waals surface area contributed by atoms with Gasteiger partial charge < -0.3 is 18.9 Å². The molecule has 6 heteroatoms. The lowest BCUT2D eigenvalue weighted by Crippen LogP contribution is -2.60. The van der Waals surface area contributed by atoms with E-state index < -0.39 is 0 Å². The molecule has 0 N–H and O–H groups in total. The Kier molecular flexibility index (Phi) is 4.89. The van der Waals surface area contributed by atoms with Gasteiger partial charge in [0.25, 0.3) is 5.91 Å². The summed E-state index contributed by atoms with van der Waals surface area (Å²) < 4.78 is 13.9. The van der Waals surface area contributed by atoms with Crippen LogP contribution in [0.25, 0.3) is 10.9 Å². The average molecular weight is 401 g/mol. The van der Waals surface area contributed by atoms with Crippen LogP contribution >= 0.6 is 11.8 Å². The smallest absolute Gasteiger partial charge is 0.256 e. The Balaban J connectivity index is 1.17. The number of benzene rings is 1. The molecule has 1 amide bonds. The molecule has 3 aliphatic heterocycles. The molecule has 0 unspecified atom stereocenters. The van der Waals surface area contributed by atoms with E-state index in [1.807, 2.05) is 52.7 Å². The van der Waals surface area contributed by atoms with Gasteiger partial charge in [0.05, 0.1) is 16.4 Å². The molecule has 5 rings (SSSR count). The van der Waals surface area contributed by atoms with E-state index in [2.05, 4.69) is 6.07 Å². The number of thioether (sulfide) groups is 1. The Morgan fingerprint density at radius 3 is 2.89 bits per heavy atom. The number of carbonyl (C=O) groups excluding carboxylic acids is 1. The highest BCUT2D eigenvalue weighted by molar-refractivity contribution is 8.01. The van der Waals surface area contributed by atoms with Crippen molar-refractivity contribution in [3.05, 3.63) is 36.0 Å². The van der Waals surface area contributed by atoms with Crippen LogP contribution in [0.2, 0.25) is 0 Å². The second kappa shape index (κ2) is 7.39. The van der Waals surface area contributed by atoms with Crippen molar-refractivity contribution in [2.75, 3.05) is 38.7 Å². The SMILES string of the molecule is Cn1cc(C(=O)N2CC3(C[C@@H](OCC4CCOCC4)CS3)C2)c2ccccc21. The standard InChI is InChI=1S/C22H28N2O3S/c1-23-11-19(18-4-2-3-5-20(18)23)21(25)24-14-22(15-24)10-17(13-28-22)27-12-16-6-8-26-9-7-16/h2-5,11,16-17H,6-10,12-15H2,1H3/t17-/m1/s1. The van der Waals surface area contributed by atoms with Gasteiger partial charge in [0.2, 0.25) is 0 Å². The first-order chi connectivity index (χ1) is 13.6. The van der Waals surface area contributed by atoms with Crippen LogP contribution in [0.15, 0.2) is 30.5 Å². The van der Waals surface area contributed by atoms with Gasteiger partial charge in [0.1, 0.15) is 0 Å². The van der Waals surface area contributed by atoms with E-state index in [9.17, 15) is 4.79 Å². The van der Waals surface area contributed by atoms with E-state index >= 15 is 0 Å². The van der Waals surface area contributed by atoms with Crippen LogP contribution in [0.4, 0.5) is 0 Å². The van der Waals surface area contributed by atoms with Crippen LogP contribution in [0.5, 0.6) is 0 Å². The highest BCUT2D eigenvalue weighted by Gasteiger charge is 2.51. The summed E-state index contributed by atoms with van der Waals surface area (Å²) in [7, 11) is 2.00. The minimum atomic E-state index is 0.162. The molecule has 0 bridgehead atoms. The molecule has 1 spiro atoms. The molecule has 28 heavy (non-hydrogen) atoms. The highest BCUT2D eigenvalue weighted by Crippen LogP contribution is 2.46. The highest BCUT2D eigenvalue weighted by atomic mass is 32.2. The fraction of sp³-hybridized carbons (Fsp3) is 0.591. The number of aryl methyl sites for hydroxylation is 1. The molecular weight excluding hydrogens is 372 g/mol. The number of hydrogen-bond donors (Lipinski definition) is 0. The van der Waals surface area contributed by atoms with Crippen molar-refractivity contribution in [3.63, 3.8) is 0 Å². The zero-order chi connectivity index (χ0) is 19.1. The maximum atomic E-state index is 13.1. The number of carbonyl (C=O) groups is 1. The van der Waals surface area contributed by atoms with Gasteiger partial charge in [0, 0.05) is 62.8 Å². The molecular formula is C22H28N2O3S. The van der Waals surface area contributed by atoms with E-state index in [0.29, 0.717) is 12.0 Å². The van der Waals surface area contributed by atoms with Gasteiger partial charge in [-0.25, -0.2) is 0 Å². The predicted octanol–water partition coefficient (Wildman–Crippen LogP) is 3.32. The van der Waals surface area contributed by atoms with E-state index in [4.69, 9.17) is 9.47 Å². The number of rotatable bonds is 4. The molecule has 5 nitrogen and oxygen atoms in total. The van der Waals surface area contributed by atoms with E-state index in [-0.39, 0.29) is 10.7 Å². The predicted molar refractivity (Wildman–Crippen MR) is 112 cm³/mol. The summed E-state index contributed by atoms with van der Waals surface area (Å²) in [4.78, 5) is 15.1. The van der Waals surface area contributed by atoms with Crippen molar-refractivity contribution in [2.24, 2.45) is 13.0 Å². The van der Waals surface area contributed by atoms with E-state index in [0.717, 1.165) is 74.4 Å². The lowest BCUT2D eigenvalue weighted by Gasteiger charge is -2.47. The number of likely N-dealkylation sites (tertiary alicyclic amines) is 1. The molecule has 4 heterocycles. The maximum absolute atomic E-state index is 13.1. The summed E-state index contributed by atoms with van der Waals surface area (Å²) in [5.41, 5.74) is 1.93. The fourth-order valence-electron chi connectivity index (χ4n) is 4.79. The number of nitrogens with zero attached hydrogens (tertiary/aromatic N) is 2. The molecule has 150 valence electrons. The molecule has 1 atom stereocenters. The number of aromatic nitrogens is 1. The van der Waals surface area contributed by atoms with E-state index in [1.165, 1.54) is 0 Å². The molecule has 1 aromatic carbocycles. The van der Waals surface area contributed by atoms with Crippen LogP contribution in [0.1, 0.15) is 29.6 Å². The summed E-state index contributed by atoms with van der Waals surface area (Å²) in [6.45, 7) is 4.31. The third-order valence-corrected chi connectivity index (χ3v) is 8.03. The summed E-state index contributed by atoms with van der Waals surface area (Å²) in [6, 6.07) is 8.13. The molecule has 2 aromatic rings. The molecule has 0 aliphatic carbocycles. The van der Waals surface area contributed by atoms with Gasteiger partial charge in [-0.15, -0.1) is 11.8 Å². The van der Waals surface area contributed by atoms with Gasteiger partial charge in [-0.05, 0) is 31.2 Å². The van der Waals surface area contributed by atoms with Crippen LogP contribution in [0.3, 0.4) is 0 Å². The lowest BCUT2D eigenvalue weighted by molar-refractivity contribution is -0.0118. The topological polar surface area (TPSA) is 43.7 Å². The maximum Gasteiger partial charge on any atom is 0.256 e. The molecule has 0 saturated carbocycles. The van der Waals surface area contributed by atoms with Crippen LogP contribution < -0.4 is 0 Å². The van der Waals surface area contributed by atoms with Gasteiger partial charge >= 0.3 is 0 Å². The van der Waals surface area contributed by atoms with Crippen molar-refractivity contribution in [1.29, 1.82) is 0 Å². The largest absolute Gasteiger partial charge is 0.381 e. The van der Waals surface area contributed by atoms with Crippen molar-refractivity contribution >= 4 is 28.6 Å². The van der Waals surface area contributed by atoms with Gasteiger partial charge in [-0.2, -0.15) is 0 Å². The minimum absolute atomic E-state index is 0.162. The summed E-state index contributed by atoms with van der Waals surface area (Å²) in [5, 5.41) is 1.05. The average Bonchev–Trinajstić information content (AvgIpc) is 3.28. The number of amides is 1. The third-order valence-electron chi connectivity index (χ3n) is 6.46. The minimum Gasteiger partial charge on any atom is -0.381 e. The number of hydrogen-bond acceptors (Lipinski definition) is 4. The monoisotopic (exact) mass is 400 g/mol. The van der Waals surface area contributed by atoms with Crippen molar-refractivity contribution < 1.29 is 14.3 Å². The molecule has 1 aromatic heterocycles. The van der Waals surface area contributed by atoms with E-state index in [1.54, 1.807) is 0 Å². The number of fused-ring (bicyclic) bond motifs is 1. The summed E-state index contributed by atoms with van der Waals surface area (Å²) in [5.74, 6) is 1.87. The molecule has 0 radical (unpaired) electrons. The second-order valence-electron chi connectivity index (χ2n) is 8.54. The Bertz CT molecular complexity index is 868. The van der Waals surface area contributed by atoms with Crippen molar-refractivity contribution in [3.8, 4) is 0 Å². The zero-order valence-electron chi connectivity index (χ0n) is 16.4.